The number of hydrogen-bond acceptors (Lipinski definition) is 5. The van der Waals surface area contributed by atoms with E-state index in [1.807, 2.05) is 36.4 Å². The summed E-state index contributed by atoms with van der Waals surface area (Å²) in [5, 5.41) is 5.41. The molecule has 33 heavy (non-hydrogen) atoms. The van der Waals surface area contributed by atoms with E-state index in [0.29, 0.717) is 27.7 Å². The summed E-state index contributed by atoms with van der Waals surface area (Å²) in [4.78, 5) is 42.7. The van der Waals surface area contributed by atoms with Gasteiger partial charge in [-0.1, -0.05) is 49.9 Å². The third-order valence-electron chi connectivity index (χ3n) is 5.88. The molecule has 4 rings (SSSR count). The second-order valence-electron chi connectivity index (χ2n) is 8.45. The zero-order valence-corrected chi connectivity index (χ0v) is 19.8. The molecule has 172 valence electrons. The van der Waals surface area contributed by atoms with Crippen molar-refractivity contribution in [2.75, 3.05) is 0 Å². The molecule has 2 unspecified atom stereocenters. The van der Waals surface area contributed by atoms with Gasteiger partial charge >= 0.3 is 6.03 Å². The lowest BCUT2D eigenvalue weighted by atomic mass is 9.98. The van der Waals surface area contributed by atoms with Crippen molar-refractivity contribution in [3.63, 3.8) is 0 Å². The Labute approximate surface area is 197 Å². The molecule has 1 saturated carbocycles. The summed E-state index contributed by atoms with van der Waals surface area (Å²) >= 11 is 1.15. The maximum atomic E-state index is 13.4. The number of thioether (sulfide) groups is 1. The summed E-state index contributed by atoms with van der Waals surface area (Å²) in [6.07, 6.45) is 2.91. The molecule has 1 aromatic heterocycles. The number of amides is 3. The van der Waals surface area contributed by atoms with Gasteiger partial charge in [0.05, 0.1) is 21.8 Å². The summed E-state index contributed by atoms with van der Waals surface area (Å²) in [5.41, 5.74) is 2.26. The number of carbonyl (C=O) groups excluding carboxylic acids is 2. The number of nitrogens with zero attached hydrogens (tertiary/aromatic N) is 2. The van der Waals surface area contributed by atoms with E-state index in [0.717, 1.165) is 31.0 Å². The Morgan fingerprint density at radius 3 is 2.48 bits per heavy atom. The zero-order valence-electron chi connectivity index (χ0n) is 19.0. The number of fused-ring (bicyclic) bond motifs is 1. The number of hydrogen-bond donors (Lipinski definition) is 2. The minimum Gasteiger partial charge on any atom is -0.335 e. The summed E-state index contributed by atoms with van der Waals surface area (Å²) in [6, 6.07) is 14.7. The molecule has 2 atom stereocenters. The van der Waals surface area contributed by atoms with Gasteiger partial charge in [-0.25, -0.2) is 9.78 Å². The first-order valence-corrected chi connectivity index (χ1v) is 12.2. The molecule has 3 amide bonds. The van der Waals surface area contributed by atoms with E-state index in [-0.39, 0.29) is 11.6 Å². The van der Waals surface area contributed by atoms with Gasteiger partial charge in [-0.05, 0) is 61.9 Å². The van der Waals surface area contributed by atoms with Crippen LogP contribution in [-0.4, -0.2) is 32.8 Å². The van der Waals surface area contributed by atoms with Crippen LogP contribution in [0.15, 0.2) is 58.5 Å². The fourth-order valence-electron chi connectivity index (χ4n) is 3.48. The van der Waals surface area contributed by atoms with Crippen molar-refractivity contribution in [1.82, 2.24) is 20.2 Å². The quantitative estimate of drug-likeness (QED) is 0.400. The largest absolute Gasteiger partial charge is 0.335 e. The molecule has 3 aromatic rings. The molecule has 0 spiro atoms. The molecule has 7 nitrogen and oxygen atoms in total. The van der Waals surface area contributed by atoms with E-state index < -0.39 is 17.2 Å². The number of urea groups is 1. The predicted octanol–water partition coefficient (Wildman–Crippen LogP) is 4.37. The van der Waals surface area contributed by atoms with Crippen molar-refractivity contribution < 1.29 is 9.59 Å². The molecule has 0 saturated heterocycles. The van der Waals surface area contributed by atoms with E-state index in [2.05, 4.69) is 24.5 Å². The molecule has 0 bridgehead atoms. The fraction of sp³-hybridized carbons (Fsp3) is 0.360. The lowest BCUT2D eigenvalue weighted by molar-refractivity contribution is -0.119. The van der Waals surface area contributed by atoms with Crippen molar-refractivity contribution in [3.05, 3.63) is 64.4 Å². The third kappa shape index (κ3) is 5.27. The minimum atomic E-state index is -0.631. The van der Waals surface area contributed by atoms with Gasteiger partial charge in [0, 0.05) is 6.04 Å². The van der Waals surface area contributed by atoms with Crippen LogP contribution >= 0.6 is 11.8 Å². The summed E-state index contributed by atoms with van der Waals surface area (Å²) in [7, 11) is 0. The molecule has 8 heteroatoms. The van der Waals surface area contributed by atoms with Crippen LogP contribution in [0.5, 0.6) is 0 Å². The standard InChI is InChI=1S/C25H28N4O3S/c1-4-15(2)17-9-13-19(14-10-17)29-23(31)20-7-5-6-8-21(20)27-25(29)33-16(3)22(30)28-24(32)26-18-11-12-18/h5-10,13-16,18H,4,11-12H2,1-3H3,(H2,26,28,30,32). The molecule has 1 aliphatic rings. The molecule has 1 heterocycles. The maximum Gasteiger partial charge on any atom is 0.321 e. The van der Waals surface area contributed by atoms with Gasteiger partial charge in [-0.2, -0.15) is 0 Å². The predicted molar refractivity (Wildman–Crippen MR) is 131 cm³/mol. The number of rotatable bonds is 7. The van der Waals surface area contributed by atoms with E-state index in [4.69, 9.17) is 4.98 Å². The van der Waals surface area contributed by atoms with Crippen LogP contribution in [-0.2, 0) is 4.79 Å². The van der Waals surface area contributed by atoms with Crippen LogP contribution in [0, 0.1) is 0 Å². The van der Waals surface area contributed by atoms with Crippen molar-refractivity contribution in [2.45, 2.75) is 62.4 Å². The molecule has 1 fully saturated rings. The minimum absolute atomic E-state index is 0.159. The van der Waals surface area contributed by atoms with Crippen LogP contribution in [0.3, 0.4) is 0 Å². The first-order valence-electron chi connectivity index (χ1n) is 11.3. The van der Waals surface area contributed by atoms with E-state index >= 15 is 0 Å². The Bertz CT molecular complexity index is 1230. The molecule has 1 aliphatic carbocycles. The maximum absolute atomic E-state index is 13.4. The number of para-hydroxylation sites is 1. The molecule has 0 radical (unpaired) electrons. The van der Waals surface area contributed by atoms with Crippen LogP contribution in [0.25, 0.3) is 16.6 Å². The molecule has 0 aliphatic heterocycles. The SMILES string of the molecule is CCC(C)c1ccc(-n2c(SC(C)C(=O)NC(=O)NC3CC3)nc3ccccc3c2=O)cc1. The number of nitrogens with one attached hydrogen (secondary N) is 2. The number of imide groups is 1. The average molecular weight is 465 g/mol. The Morgan fingerprint density at radius 1 is 1.12 bits per heavy atom. The molecule has 2 aromatic carbocycles. The van der Waals surface area contributed by atoms with Crippen molar-refractivity contribution in [1.29, 1.82) is 0 Å². The van der Waals surface area contributed by atoms with Gasteiger partial charge < -0.3 is 5.32 Å². The van der Waals surface area contributed by atoms with Crippen LogP contribution < -0.4 is 16.2 Å². The highest BCUT2D eigenvalue weighted by atomic mass is 32.2. The molecule has 2 N–H and O–H groups in total. The third-order valence-corrected chi connectivity index (χ3v) is 6.93. The fourth-order valence-corrected chi connectivity index (χ4v) is 4.41. The summed E-state index contributed by atoms with van der Waals surface area (Å²) in [6.45, 7) is 6.00. The number of benzene rings is 2. The number of aromatic nitrogens is 2. The number of carbonyl (C=O) groups is 2. The highest BCUT2D eigenvalue weighted by molar-refractivity contribution is 8.00. The Morgan fingerprint density at radius 2 is 1.82 bits per heavy atom. The Balaban J connectivity index is 1.67. The average Bonchev–Trinajstić information content (AvgIpc) is 3.62. The smallest absolute Gasteiger partial charge is 0.321 e. The van der Waals surface area contributed by atoms with Crippen molar-refractivity contribution in [2.24, 2.45) is 0 Å². The summed E-state index contributed by atoms with van der Waals surface area (Å²) in [5.74, 6) is -0.0101. The van der Waals surface area contributed by atoms with Gasteiger partial charge in [0.15, 0.2) is 5.16 Å². The van der Waals surface area contributed by atoms with Gasteiger partial charge in [-0.15, -0.1) is 0 Å². The Kier molecular flexibility index (Phi) is 6.83. The highest BCUT2D eigenvalue weighted by Gasteiger charge is 2.26. The van der Waals surface area contributed by atoms with Gasteiger partial charge in [-0.3, -0.25) is 19.5 Å². The van der Waals surface area contributed by atoms with Crippen molar-refractivity contribution >= 4 is 34.6 Å². The van der Waals surface area contributed by atoms with Gasteiger partial charge in [0.25, 0.3) is 5.56 Å². The normalized spacial score (nSPS) is 15.1. The highest BCUT2D eigenvalue weighted by Crippen LogP contribution is 2.27. The first kappa shape index (κ1) is 23.0. The molecular weight excluding hydrogens is 436 g/mol. The van der Waals surface area contributed by atoms with E-state index in [1.165, 1.54) is 5.56 Å². The Hall–Kier alpha value is -3.13. The topological polar surface area (TPSA) is 93.1 Å². The summed E-state index contributed by atoms with van der Waals surface area (Å²) < 4.78 is 1.54. The van der Waals surface area contributed by atoms with Crippen LogP contribution in [0.4, 0.5) is 4.79 Å². The zero-order chi connectivity index (χ0) is 23.5. The lowest BCUT2D eigenvalue weighted by Crippen LogP contribution is -2.43. The first-order chi connectivity index (χ1) is 15.9. The second-order valence-corrected chi connectivity index (χ2v) is 9.76. The monoisotopic (exact) mass is 464 g/mol. The lowest BCUT2D eigenvalue weighted by Gasteiger charge is -2.17. The van der Waals surface area contributed by atoms with Crippen molar-refractivity contribution in [3.8, 4) is 5.69 Å². The molecular formula is C25H28N4O3S. The van der Waals surface area contributed by atoms with Crippen LogP contribution in [0.2, 0.25) is 0 Å². The second kappa shape index (κ2) is 9.79. The van der Waals surface area contributed by atoms with Gasteiger partial charge in [0.1, 0.15) is 0 Å². The van der Waals surface area contributed by atoms with Gasteiger partial charge in [0.2, 0.25) is 5.91 Å². The van der Waals surface area contributed by atoms with E-state index in [1.54, 1.807) is 23.6 Å². The van der Waals surface area contributed by atoms with E-state index in [9.17, 15) is 14.4 Å². The van der Waals surface area contributed by atoms with Crippen LogP contribution in [0.1, 0.15) is 51.5 Å².